The molecule has 0 spiro atoms. The largest absolute Gasteiger partial charge is 0.459 e. The number of carbonyl (C=O) groups is 2. The van der Waals surface area contributed by atoms with E-state index in [1.807, 2.05) is 30.3 Å². The van der Waals surface area contributed by atoms with Crippen molar-refractivity contribution in [2.45, 2.75) is 22.2 Å². The smallest absolute Gasteiger partial charge is 0.338 e. The van der Waals surface area contributed by atoms with Crippen molar-refractivity contribution in [3.8, 4) is 11.1 Å². The highest BCUT2D eigenvalue weighted by molar-refractivity contribution is 14.1. The standard InChI is InChI=1S/C25H19F2IO5/c26-25(27)21(20(32-24(25)28)15-31-22(29)18-9-5-2-6-10-18)33-23(30)19-13-11-17(12-14-19)16-7-3-1-4-8-16/h1-14,20-21,24H,15H2/t20-,21-,24+/m1/s1. The van der Waals surface area contributed by atoms with E-state index in [1.165, 1.54) is 34.7 Å². The molecule has 0 saturated carbocycles. The lowest BCUT2D eigenvalue weighted by Gasteiger charge is -2.22. The van der Waals surface area contributed by atoms with Crippen LogP contribution in [0.4, 0.5) is 8.78 Å². The van der Waals surface area contributed by atoms with Gasteiger partial charge in [0, 0.05) is 0 Å². The van der Waals surface area contributed by atoms with Crippen molar-refractivity contribution in [1.29, 1.82) is 0 Å². The maximum Gasteiger partial charge on any atom is 0.338 e. The number of esters is 2. The molecule has 0 N–H and O–H groups in total. The maximum absolute atomic E-state index is 14.7. The van der Waals surface area contributed by atoms with Crippen LogP contribution in [0.25, 0.3) is 11.1 Å². The Morgan fingerprint density at radius 2 is 1.36 bits per heavy atom. The van der Waals surface area contributed by atoms with Gasteiger partial charge in [-0.15, -0.1) is 0 Å². The summed E-state index contributed by atoms with van der Waals surface area (Å²) in [4.78, 5) is 24.8. The molecule has 3 aromatic rings. The highest BCUT2D eigenvalue weighted by atomic mass is 127. The third-order valence-electron chi connectivity index (χ3n) is 5.16. The molecule has 3 aromatic carbocycles. The number of benzene rings is 3. The SMILES string of the molecule is O=C(OC[C@H]1O[C@H](I)C(F)(F)[C@@H]1OC(=O)c1ccc(-c2ccccc2)cc1)c1ccccc1. The van der Waals surface area contributed by atoms with Crippen molar-refractivity contribution >= 4 is 34.5 Å². The third kappa shape index (κ3) is 5.22. The number of alkyl halides is 3. The van der Waals surface area contributed by atoms with Crippen LogP contribution in [0.2, 0.25) is 0 Å². The highest BCUT2D eigenvalue weighted by Gasteiger charge is 2.60. The van der Waals surface area contributed by atoms with Gasteiger partial charge in [0.15, 0.2) is 10.2 Å². The van der Waals surface area contributed by atoms with Gasteiger partial charge in [-0.1, -0.05) is 60.7 Å². The number of hydrogen-bond acceptors (Lipinski definition) is 5. The minimum absolute atomic E-state index is 0.127. The Bertz CT molecular complexity index is 1110. The van der Waals surface area contributed by atoms with Crippen molar-refractivity contribution in [3.63, 3.8) is 0 Å². The maximum atomic E-state index is 14.7. The van der Waals surface area contributed by atoms with Crippen LogP contribution >= 0.6 is 22.6 Å². The second-order valence-corrected chi connectivity index (χ2v) is 8.53. The van der Waals surface area contributed by atoms with E-state index >= 15 is 0 Å². The first-order valence-electron chi connectivity index (χ1n) is 10.1. The van der Waals surface area contributed by atoms with Crippen molar-refractivity contribution in [2.24, 2.45) is 0 Å². The fraction of sp³-hybridized carbons (Fsp3) is 0.200. The second-order valence-electron chi connectivity index (χ2n) is 7.40. The van der Waals surface area contributed by atoms with Gasteiger partial charge < -0.3 is 14.2 Å². The molecule has 0 amide bonds. The van der Waals surface area contributed by atoms with E-state index in [0.717, 1.165) is 11.1 Å². The van der Waals surface area contributed by atoms with Crippen molar-refractivity contribution < 1.29 is 32.6 Å². The van der Waals surface area contributed by atoms with Gasteiger partial charge >= 0.3 is 17.9 Å². The zero-order chi connectivity index (χ0) is 23.4. The summed E-state index contributed by atoms with van der Waals surface area (Å²) in [5.74, 6) is -5.04. The quantitative estimate of drug-likeness (QED) is 0.224. The van der Waals surface area contributed by atoms with Crippen molar-refractivity contribution in [1.82, 2.24) is 0 Å². The molecule has 1 fully saturated rings. The Hall–Kier alpha value is -2.85. The van der Waals surface area contributed by atoms with Crippen LogP contribution in [0.5, 0.6) is 0 Å². The molecule has 3 atom stereocenters. The van der Waals surface area contributed by atoms with Gasteiger partial charge in [-0.3, -0.25) is 0 Å². The molecule has 1 aliphatic heterocycles. The number of rotatable bonds is 6. The average molecular weight is 564 g/mol. The molecule has 33 heavy (non-hydrogen) atoms. The lowest BCUT2D eigenvalue weighted by atomic mass is 10.0. The molecule has 1 aliphatic rings. The van der Waals surface area contributed by atoms with Gasteiger partial charge in [0.25, 0.3) is 0 Å². The average Bonchev–Trinajstić information content (AvgIpc) is 3.06. The number of ether oxygens (including phenoxy) is 3. The minimum Gasteiger partial charge on any atom is -0.459 e. The van der Waals surface area contributed by atoms with Gasteiger partial charge in [0.2, 0.25) is 0 Å². The van der Waals surface area contributed by atoms with Crippen LogP contribution in [0.3, 0.4) is 0 Å². The Morgan fingerprint density at radius 3 is 2.00 bits per heavy atom. The van der Waals surface area contributed by atoms with Crippen LogP contribution in [0.15, 0.2) is 84.9 Å². The van der Waals surface area contributed by atoms with Crippen LogP contribution in [-0.4, -0.2) is 40.8 Å². The molecule has 0 aliphatic carbocycles. The fourth-order valence-electron chi connectivity index (χ4n) is 3.40. The van der Waals surface area contributed by atoms with E-state index in [-0.39, 0.29) is 11.1 Å². The van der Waals surface area contributed by atoms with Gasteiger partial charge in [0.05, 0.1) is 11.1 Å². The predicted octanol–water partition coefficient (Wildman–Crippen LogP) is 5.53. The Balaban J connectivity index is 1.44. The number of halogens is 3. The number of carbonyl (C=O) groups excluding carboxylic acids is 2. The summed E-state index contributed by atoms with van der Waals surface area (Å²) in [6.45, 7) is -0.478. The molecular formula is C25H19F2IO5. The topological polar surface area (TPSA) is 61.8 Å². The number of hydrogen-bond donors (Lipinski definition) is 0. The lowest BCUT2D eigenvalue weighted by molar-refractivity contribution is -0.0971. The predicted molar refractivity (Wildman–Crippen MR) is 125 cm³/mol. The Labute approximate surface area is 202 Å². The van der Waals surface area contributed by atoms with Gasteiger partial charge in [-0.25, -0.2) is 9.59 Å². The zero-order valence-corrected chi connectivity index (χ0v) is 19.4. The molecule has 4 rings (SSSR count). The molecule has 0 unspecified atom stereocenters. The summed E-state index contributed by atoms with van der Waals surface area (Å²) in [5.41, 5.74) is 2.24. The zero-order valence-electron chi connectivity index (χ0n) is 17.2. The fourth-order valence-corrected chi connectivity index (χ4v) is 4.13. The van der Waals surface area contributed by atoms with E-state index < -0.39 is 40.8 Å². The highest BCUT2D eigenvalue weighted by Crippen LogP contribution is 2.42. The molecule has 0 aromatic heterocycles. The van der Waals surface area contributed by atoms with Crippen LogP contribution < -0.4 is 0 Å². The first-order valence-corrected chi connectivity index (χ1v) is 11.4. The van der Waals surface area contributed by atoms with Crippen LogP contribution in [-0.2, 0) is 14.2 Å². The van der Waals surface area contributed by atoms with E-state index in [9.17, 15) is 18.4 Å². The second kappa shape index (κ2) is 9.96. The summed E-state index contributed by atoms with van der Waals surface area (Å²) < 4.78 is 43.5. The van der Waals surface area contributed by atoms with Crippen LogP contribution in [0, 0.1) is 0 Å². The summed E-state index contributed by atoms with van der Waals surface area (Å²) in [6.07, 6.45) is -3.20. The van der Waals surface area contributed by atoms with E-state index in [0.29, 0.717) is 0 Å². The normalized spacial score (nSPS) is 21.4. The van der Waals surface area contributed by atoms with E-state index in [2.05, 4.69) is 0 Å². The lowest BCUT2D eigenvalue weighted by Crippen LogP contribution is -2.43. The van der Waals surface area contributed by atoms with E-state index in [4.69, 9.17) is 14.2 Å². The molecular weight excluding hydrogens is 545 g/mol. The molecule has 0 bridgehead atoms. The van der Waals surface area contributed by atoms with Crippen LogP contribution in [0.1, 0.15) is 20.7 Å². The molecule has 0 radical (unpaired) electrons. The van der Waals surface area contributed by atoms with E-state index in [1.54, 1.807) is 42.5 Å². The molecule has 170 valence electrons. The minimum atomic E-state index is -3.45. The Kier molecular flexibility index (Phi) is 7.04. The monoisotopic (exact) mass is 564 g/mol. The van der Waals surface area contributed by atoms with Crippen molar-refractivity contribution in [3.05, 3.63) is 96.1 Å². The molecule has 8 heteroatoms. The van der Waals surface area contributed by atoms with Gasteiger partial charge in [-0.2, -0.15) is 8.78 Å². The first-order chi connectivity index (χ1) is 15.9. The van der Waals surface area contributed by atoms with Crippen molar-refractivity contribution in [2.75, 3.05) is 6.61 Å². The summed E-state index contributed by atoms with van der Waals surface area (Å²) in [6, 6.07) is 24.1. The van der Waals surface area contributed by atoms with Gasteiger partial charge in [-0.05, 0) is 58.0 Å². The summed E-state index contributed by atoms with van der Waals surface area (Å²) >= 11 is 1.44. The Morgan fingerprint density at radius 1 is 0.818 bits per heavy atom. The summed E-state index contributed by atoms with van der Waals surface area (Å²) in [5, 5.41) is 0. The van der Waals surface area contributed by atoms with Gasteiger partial charge in [0.1, 0.15) is 12.7 Å². The molecule has 1 heterocycles. The summed E-state index contributed by atoms with van der Waals surface area (Å²) in [7, 11) is 0. The molecule has 1 saturated heterocycles. The third-order valence-corrected chi connectivity index (χ3v) is 6.29. The molecule has 5 nitrogen and oxygen atoms in total. The first kappa shape index (κ1) is 23.3.